The number of carbonyl (C=O) groups is 1. The summed E-state index contributed by atoms with van der Waals surface area (Å²) in [5, 5.41) is 21.0. The fourth-order valence-corrected chi connectivity index (χ4v) is 1.67. The van der Waals surface area contributed by atoms with Gasteiger partial charge in [-0.2, -0.15) is 5.26 Å². The van der Waals surface area contributed by atoms with Crippen LogP contribution in [0.5, 0.6) is 5.75 Å². The van der Waals surface area contributed by atoms with E-state index in [2.05, 4.69) is 16.4 Å². The van der Waals surface area contributed by atoms with Crippen molar-refractivity contribution < 1.29 is 9.90 Å². The molecule has 0 aliphatic heterocycles. The van der Waals surface area contributed by atoms with Crippen LogP contribution in [0.4, 0.5) is 5.69 Å². The predicted octanol–water partition coefficient (Wildman–Crippen LogP) is 2.22. The Balaban J connectivity index is 2.30. The van der Waals surface area contributed by atoms with Crippen LogP contribution >= 0.6 is 0 Å². The summed E-state index contributed by atoms with van der Waals surface area (Å²) in [4.78, 5) is 15.7. The van der Waals surface area contributed by atoms with Gasteiger partial charge in [-0.15, -0.1) is 0 Å². The summed E-state index contributed by atoms with van der Waals surface area (Å²) in [7, 11) is 0. The lowest BCUT2D eigenvalue weighted by Crippen LogP contribution is -2.13. The lowest BCUT2D eigenvalue weighted by molar-refractivity contribution is 0.102. The zero-order chi connectivity index (χ0) is 13.8. The molecule has 1 aromatic heterocycles. The van der Waals surface area contributed by atoms with Crippen molar-refractivity contribution >= 4 is 11.6 Å². The van der Waals surface area contributed by atoms with Crippen molar-refractivity contribution in [2.45, 2.75) is 6.92 Å². The van der Waals surface area contributed by atoms with Crippen molar-refractivity contribution in [1.82, 2.24) is 4.98 Å². The smallest absolute Gasteiger partial charge is 0.257 e. The molecule has 2 aromatic rings. The van der Waals surface area contributed by atoms with Crippen molar-refractivity contribution in [1.29, 1.82) is 5.26 Å². The fourth-order valence-electron chi connectivity index (χ4n) is 1.67. The molecule has 0 unspecified atom stereocenters. The molecule has 5 heteroatoms. The second-order valence-electron chi connectivity index (χ2n) is 4.00. The highest BCUT2D eigenvalue weighted by Gasteiger charge is 2.11. The molecule has 0 aliphatic rings. The maximum Gasteiger partial charge on any atom is 0.257 e. The molecule has 0 saturated heterocycles. The molecule has 0 spiro atoms. The number of anilines is 1. The maximum atomic E-state index is 12.0. The summed E-state index contributed by atoms with van der Waals surface area (Å²) in [6.07, 6.45) is 2.58. The fraction of sp³-hybridized carbons (Fsp3) is 0.0714. The van der Waals surface area contributed by atoms with Crippen LogP contribution in [0.2, 0.25) is 0 Å². The Morgan fingerprint density at radius 2 is 2.21 bits per heavy atom. The number of benzene rings is 1. The van der Waals surface area contributed by atoms with Crippen molar-refractivity contribution in [3.8, 4) is 11.8 Å². The molecule has 19 heavy (non-hydrogen) atoms. The molecule has 94 valence electrons. The molecular weight excluding hydrogens is 242 g/mol. The molecule has 0 aliphatic carbocycles. The topological polar surface area (TPSA) is 86.0 Å². The van der Waals surface area contributed by atoms with Gasteiger partial charge in [0, 0.05) is 6.20 Å². The number of amides is 1. The number of nitriles is 1. The average molecular weight is 253 g/mol. The third-order valence-corrected chi connectivity index (χ3v) is 2.62. The Labute approximate surface area is 110 Å². The van der Waals surface area contributed by atoms with Gasteiger partial charge in [0.15, 0.2) is 0 Å². The number of pyridine rings is 1. The molecule has 0 bridgehead atoms. The number of hydrogen-bond acceptors (Lipinski definition) is 4. The Bertz CT molecular complexity index is 675. The van der Waals surface area contributed by atoms with Crippen LogP contribution in [0.15, 0.2) is 36.7 Å². The minimum absolute atomic E-state index is 0.0857. The monoisotopic (exact) mass is 253 g/mol. The lowest BCUT2D eigenvalue weighted by atomic mass is 10.1. The molecule has 0 radical (unpaired) electrons. The van der Waals surface area contributed by atoms with Crippen LogP contribution in [0, 0.1) is 18.3 Å². The van der Waals surface area contributed by atoms with Crippen LogP contribution < -0.4 is 5.32 Å². The third kappa shape index (κ3) is 2.69. The van der Waals surface area contributed by atoms with Gasteiger partial charge in [-0.25, -0.2) is 0 Å². The minimum atomic E-state index is -0.425. The lowest BCUT2D eigenvalue weighted by Gasteiger charge is -2.08. The first-order valence-corrected chi connectivity index (χ1v) is 5.57. The van der Waals surface area contributed by atoms with E-state index in [1.165, 1.54) is 18.5 Å². The zero-order valence-corrected chi connectivity index (χ0v) is 10.2. The molecule has 5 nitrogen and oxygen atoms in total. The SMILES string of the molecule is Cc1cccc(NC(=O)c2cncc(O)c2)c1C#N. The van der Waals surface area contributed by atoms with E-state index >= 15 is 0 Å². The van der Waals surface area contributed by atoms with Crippen LogP contribution in [0.1, 0.15) is 21.5 Å². The minimum Gasteiger partial charge on any atom is -0.506 e. The van der Waals surface area contributed by atoms with E-state index < -0.39 is 5.91 Å². The Morgan fingerprint density at radius 3 is 2.89 bits per heavy atom. The first-order valence-electron chi connectivity index (χ1n) is 5.57. The van der Waals surface area contributed by atoms with Gasteiger partial charge >= 0.3 is 0 Å². The molecule has 2 N–H and O–H groups in total. The number of aromatic nitrogens is 1. The summed E-state index contributed by atoms with van der Waals surface area (Å²) < 4.78 is 0. The largest absolute Gasteiger partial charge is 0.506 e. The summed E-state index contributed by atoms with van der Waals surface area (Å²) in [6.45, 7) is 1.80. The molecular formula is C14H11N3O2. The van der Waals surface area contributed by atoms with Gasteiger partial charge in [0.1, 0.15) is 11.8 Å². The number of hydrogen-bond donors (Lipinski definition) is 2. The number of aryl methyl sites for hydroxylation is 1. The highest BCUT2D eigenvalue weighted by molar-refractivity contribution is 6.05. The first-order chi connectivity index (χ1) is 9.11. The summed E-state index contributed by atoms with van der Waals surface area (Å²) in [5.41, 5.74) is 1.87. The Morgan fingerprint density at radius 1 is 1.42 bits per heavy atom. The van der Waals surface area contributed by atoms with Crippen LogP contribution in [-0.2, 0) is 0 Å². The molecule has 0 fully saturated rings. The average Bonchev–Trinajstić information content (AvgIpc) is 2.39. The number of carbonyl (C=O) groups excluding carboxylic acids is 1. The van der Waals surface area contributed by atoms with E-state index in [4.69, 9.17) is 5.26 Å². The molecule has 0 atom stereocenters. The summed E-state index contributed by atoms with van der Waals surface area (Å²) >= 11 is 0. The number of rotatable bonds is 2. The molecule has 1 aromatic carbocycles. The standard InChI is InChI=1S/C14H11N3O2/c1-9-3-2-4-13(12(9)6-15)17-14(19)10-5-11(18)8-16-7-10/h2-5,7-8,18H,1H3,(H,17,19). The number of aromatic hydroxyl groups is 1. The van der Waals surface area contributed by atoms with Gasteiger partial charge in [0.25, 0.3) is 5.91 Å². The second-order valence-corrected chi connectivity index (χ2v) is 4.00. The molecule has 1 amide bonds. The van der Waals surface area contributed by atoms with Crippen molar-refractivity contribution in [3.63, 3.8) is 0 Å². The van der Waals surface area contributed by atoms with Gasteiger partial charge in [-0.05, 0) is 24.6 Å². The summed E-state index contributed by atoms with van der Waals surface area (Å²) in [6, 6.07) is 8.57. The molecule has 0 saturated carbocycles. The quantitative estimate of drug-likeness (QED) is 0.859. The van der Waals surface area contributed by atoms with Crippen molar-refractivity contribution in [2.75, 3.05) is 5.32 Å². The maximum absolute atomic E-state index is 12.0. The van der Waals surface area contributed by atoms with Gasteiger partial charge in [-0.3, -0.25) is 9.78 Å². The predicted molar refractivity (Wildman–Crippen MR) is 69.7 cm³/mol. The van der Waals surface area contributed by atoms with Gasteiger partial charge < -0.3 is 10.4 Å². The van der Waals surface area contributed by atoms with Crippen LogP contribution in [0.3, 0.4) is 0 Å². The van der Waals surface area contributed by atoms with Gasteiger partial charge in [0.05, 0.1) is 23.0 Å². The van der Waals surface area contributed by atoms with Crippen molar-refractivity contribution in [2.24, 2.45) is 0 Å². The van der Waals surface area contributed by atoms with Gasteiger partial charge in [0.2, 0.25) is 0 Å². The van der Waals surface area contributed by atoms with E-state index in [1.54, 1.807) is 25.1 Å². The molecule has 1 heterocycles. The molecule has 2 rings (SSSR count). The summed E-state index contributed by atoms with van der Waals surface area (Å²) in [5.74, 6) is -0.511. The Kier molecular flexibility index (Phi) is 3.44. The van der Waals surface area contributed by atoms with Crippen LogP contribution in [0.25, 0.3) is 0 Å². The van der Waals surface area contributed by atoms with E-state index in [-0.39, 0.29) is 11.3 Å². The highest BCUT2D eigenvalue weighted by atomic mass is 16.3. The number of nitrogens with one attached hydrogen (secondary N) is 1. The van der Waals surface area contributed by atoms with E-state index in [0.29, 0.717) is 11.3 Å². The Hall–Kier alpha value is -2.87. The zero-order valence-electron chi connectivity index (χ0n) is 10.2. The van der Waals surface area contributed by atoms with E-state index in [9.17, 15) is 9.90 Å². The highest BCUT2D eigenvalue weighted by Crippen LogP contribution is 2.19. The first kappa shape index (κ1) is 12.6. The van der Waals surface area contributed by atoms with Crippen LogP contribution in [-0.4, -0.2) is 16.0 Å². The van der Waals surface area contributed by atoms with Gasteiger partial charge in [-0.1, -0.05) is 12.1 Å². The van der Waals surface area contributed by atoms with Crippen molar-refractivity contribution in [3.05, 3.63) is 53.3 Å². The normalized spacial score (nSPS) is 9.68. The third-order valence-electron chi connectivity index (χ3n) is 2.62. The second kappa shape index (κ2) is 5.19. The van der Waals surface area contributed by atoms with E-state index in [1.807, 2.05) is 0 Å². The number of nitrogens with zero attached hydrogens (tertiary/aromatic N) is 2. The van der Waals surface area contributed by atoms with E-state index in [0.717, 1.165) is 5.56 Å².